The number of carbonyl (C=O) groups is 2. The van der Waals surface area contributed by atoms with E-state index >= 15 is 0 Å². The Hall–Kier alpha value is -3.33. The molecule has 0 bridgehead atoms. The molecule has 4 rings (SSSR count). The zero-order chi connectivity index (χ0) is 22.9. The van der Waals surface area contributed by atoms with Crippen molar-refractivity contribution in [1.82, 2.24) is 9.21 Å². The molecule has 0 spiro atoms. The second-order valence-electron chi connectivity index (χ2n) is 7.87. The number of carboxylic acid groups (broad SMARTS) is 1. The van der Waals surface area contributed by atoms with Crippen LogP contribution < -0.4 is 5.32 Å². The van der Waals surface area contributed by atoms with Gasteiger partial charge in [-0.25, -0.2) is 17.5 Å². The molecule has 9 heteroatoms. The number of unbranched alkanes of at least 4 members (excludes halogenated alkanes) is 1. The standard InChI is InChI=1S/C23H25N3O5S/c1-2-3-12-26-22(27)20(21(32(26,30)31)16-7-5-4-6-8-16)24-19-10-9-18-15-25(23(28)29)13-11-17(18)14-19/h4-10,14,24H,2-3,11-13,15H2,1H3,(H,28,29). The number of hydrogen-bond donors (Lipinski definition) is 2. The van der Waals surface area contributed by atoms with Crippen LogP contribution in [0.25, 0.3) is 4.91 Å². The minimum Gasteiger partial charge on any atom is -0.465 e. The van der Waals surface area contributed by atoms with E-state index in [0.717, 1.165) is 21.9 Å². The molecule has 0 radical (unpaired) electrons. The highest BCUT2D eigenvalue weighted by molar-refractivity contribution is 7.99. The molecule has 32 heavy (non-hydrogen) atoms. The zero-order valence-electron chi connectivity index (χ0n) is 17.7. The highest BCUT2D eigenvalue weighted by atomic mass is 32.2. The van der Waals surface area contributed by atoms with Crippen LogP contribution in [0, 0.1) is 0 Å². The average Bonchev–Trinajstić information content (AvgIpc) is 2.96. The molecular weight excluding hydrogens is 430 g/mol. The van der Waals surface area contributed by atoms with Gasteiger partial charge in [0.25, 0.3) is 15.9 Å². The van der Waals surface area contributed by atoms with E-state index < -0.39 is 22.0 Å². The molecule has 2 aromatic carbocycles. The van der Waals surface area contributed by atoms with E-state index in [1.807, 2.05) is 19.1 Å². The summed E-state index contributed by atoms with van der Waals surface area (Å²) >= 11 is 0. The van der Waals surface area contributed by atoms with Crippen molar-refractivity contribution in [3.8, 4) is 0 Å². The van der Waals surface area contributed by atoms with Gasteiger partial charge >= 0.3 is 6.09 Å². The van der Waals surface area contributed by atoms with E-state index in [9.17, 15) is 23.1 Å². The van der Waals surface area contributed by atoms with Gasteiger partial charge in [-0.1, -0.05) is 49.7 Å². The van der Waals surface area contributed by atoms with E-state index in [1.54, 1.807) is 36.4 Å². The molecule has 2 aliphatic heterocycles. The fourth-order valence-electron chi connectivity index (χ4n) is 4.02. The number of nitrogens with zero attached hydrogens (tertiary/aromatic N) is 2. The number of anilines is 1. The molecule has 8 nitrogen and oxygen atoms in total. The van der Waals surface area contributed by atoms with E-state index in [4.69, 9.17) is 0 Å². The number of sulfonamides is 1. The Morgan fingerprint density at radius 1 is 1.12 bits per heavy atom. The van der Waals surface area contributed by atoms with Gasteiger partial charge in [-0.05, 0) is 41.7 Å². The predicted octanol–water partition coefficient (Wildman–Crippen LogP) is 3.48. The number of nitrogens with one attached hydrogen (secondary N) is 1. The largest absolute Gasteiger partial charge is 0.465 e. The van der Waals surface area contributed by atoms with Crippen molar-refractivity contribution in [3.63, 3.8) is 0 Å². The highest BCUT2D eigenvalue weighted by Crippen LogP contribution is 2.36. The molecule has 2 heterocycles. The lowest BCUT2D eigenvalue weighted by atomic mass is 9.99. The maximum absolute atomic E-state index is 13.3. The predicted molar refractivity (Wildman–Crippen MR) is 121 cm³/mol. The Morgan fingerprint density at radius 2 is 1.88 bits per heavy atom. The minimum atomic E-state index is -3.98. The van der Waals surface area contributed by atoms with E-state index in [0.29, 0.717) is 37.2 Å². The summed E-state index contributed by atoms with van der Waals surface area (Å²) in [4.78, 5) is 25.8. The summed E-state index contributed by atoms with van der Waals surface area (Å²) in [6.07, 6.45) is 0.945. The Balaban J connectivity index is 1.72. The molecule has 0 aliphatic carbocycles. The van der Waals surface area contributed by atoms with Crippen molar-refractivity contribution in [3.05, 3.63) is 70.9 Å². The molecule has 0 unspecified atom stereocenters. The van der Waals surface area contributed by atoms with Crippen molar-refractivity contribution in [2.24, 2.45) is 0 Å². The molecular formula is C23H25N3O5S. The monoisotopic (exact) mass is 455 g/mol. The van der Waals surface area contributed by atoms with Crippen molar-refractivity contribution < 1.29 is 23.1 Å². The summed E-state index contributed by atoms with van der Waals surface area (Å²) in [5, 5.41) is 12.3. The maximum atomic E-state index is 13.3. The van der Waals surface area contributed by atoms with E-state index in [-0.39, 0.29) is 17.1 Å². The van der Waals surface area contributed by atoms with Crippen LogP contribution in [0.5, 0.6) is 0 Å². The molecule has 2 N–H and O–H groups in total. The number of benzene rings is 2. The maximum Gasteiger partial charge on any atom is 0.407 e. The van der Waals surface area contributed by atoms with Crippen LogP contribution in [0.2, 0.25) is 0 Å². The Bertz CT molecular complexity index is 1190. The topological polar surface area (TPSA) is 107 Å². The smallest absolute Gasteiger partial charge is 0.407 e. The number of fused-ring (bicyclic) bond motifs is 1. The van der Waals surface area contributed by atoms with Crippen LogP contribution in [0.3, 0.4) is 0 Å². The van der Waals surface area contributed by atoms with Gasteiger partial charge in [0.2, 0.25) is 0 Å². The van der Waals surface area contributed by atoms with Crippen LogP contribution in [0.15, 0.2) is 54.2 Å². The molecule has 168 valence electrons. The second-order valence-corrected chi connectivity index (χ2v) is 9.67. The summed E-state index contributed by atoms with van der Waals surface area (Å²) < 4.78 is 27.5. The van der Waals surface area contributed by atoms with Gasteiger partial charge in [0, 0.05) is 25.3 Å². The molecule has 0 saturated heterocycles. The summed E-state index contributed by atoms with van der Waals surface area (Å²) in [5.41, 5.74) is 2.96. The second kappa shape index (κ2) is 8.66. The van der Waals surface area contributed by atoms with Crippen LogP contribution >= 0.6 is 0 Å². The first-order valence-electron chi connectivity index (χ1n) is 10.6. The van der Waals surface area contributed by atoms with Gasteiger partial charge in [0.15, 0.2) is 0 Å². The Kier molecular flexibility index (Phi) is 5.92. The molecule has 2 aliphatic rings. The molecule has 0 fully saturated rings. The molecule has 2 amide bonds. The van der Waals surface area contributed by atoms with Crippen LogP contribution in [0.1, 0.15) is 36.5 Å². The Labute approximate surface area is 187 Å². The van der Waals surface area contributed by atoms with Gasteiger partial charge in [-0.15, -0.1) is 0 Å². The van der Waals surface area contributed by atoms with Crippen LogP contribution in [0.4, 0.5) is 10.5 Å². The lowest BCUT2D eigenvalue weighted by Crippen LogP contribution is -2.34. The van der Waals surface area contributed by atoms with Crippen molar-refractivity contribution in [1.29, 1.82) is 0 Å². The Morgan fingerprint density at radius 3 is 2.56 bits per heavy atom. The fourth-order valence-corrected chi connectivity index (χ4v) is 5.75. The van der Waals surface area contributed by atoms with Crippen LogP contribution in [-0.2, 0) is 27.8 Å². The first kappa shape index (κ1) is 21.9. The molecule has 0 atom stereocenters. The number of rotatable bonds is 6. The summed E-state index contributed by atoms with van der Waals surface area (Å²) in [6.45, 7) is 2.77. The third kappa shape index (κ3) is 3.95. The SMILES string of the molecule is CCCCN1C(=O)C(Nc2ccc3c(c2)CCN(C(=O)O)C3)=C(c2ccccc2)S1(=O)=O. The fraction of sp³-hybridized carbons (Fsp3) is 0.304. The van der Waals surface area contributed by atoms with Gasteiger partial charge in [-0.3, -0.25) is 4.79 Å². The van der Waals surface area contributed by atoms with Crippen molar-refractivity contribution in [2.75, 3.05) is 18.4 Å². The van der Waals surface area contributed by atoms with Gasteiger partial charge in [0.05, 0.1) is 0 Å². The summed E-state index contributed by atoms with van der Waals surface area (Å²) in [7, 11) is -3.98. The van der Waals surface area contributed by atoms with Crippen LogP contribution in [-0.4, -0.2) is 47.8 Å². The van der Waals surface area contributed by atoms with E-state index in [1.165, 1.54) is 4.90 Å². The first-order valence-corrected chi connectivity index (χ1v) is 12.0. The van der Waals surface area contributed by atoms with Gasteiger partial charge < -0.3 is 15.3 Å². The third-order valence-electron chi connectivity index (χ3n) is 5.72. The lowest BCUT2D eigenvalue weighted by molar-refractivity contribution is -0.122. The first-order chi connectivity index (χ1) is 15.3. The summed E-state index contributed by atoms with van der Waals surface area (Å²) in [5.74, 6) is -0.563. The third-order valence-corrected chi connectivity index (χ3v) is 7.61. The minimum absolute atomic E-state index is 0.0195. The number of carbonyl (C=O) groups excluding carboxylic acids is 1. The highest BCUT2D eigenvalue weighted by Gasteiger charge is 2.44. The van der Waals surface area contributed by atoms with E-state index in [2.05, 4.69) is 5.32 Å². The molecule has 2 aromatic rings. The number of hydrogen-bond acceptors (Lipinski definition) is 5. The quantitative estimate of drug-likeness (QED) is 0.691. The molecule has 0 aromatic heterocycles. The van der Waals surface area contributed by atoms with Crippen molar-refractivity contribution in [2.45, 2.75) is 32.7 Å². The van der Waals surface area contributed by atoms with Gasteiger partial charge in [-0.2, -0.15) is 0 Å². The average molecular weight is 456 g/mol. The van der Waals surface area contributed by atoms with Gasteiger partial charge in [0.1, 0.15) is 10.6 Å². The number of amides is 2. The lowest BCUT2D eigenvalue weighted by Gasteiger charge is -2.26. The normalized spacial score (nSPS) is 17.5. The molecule has 0 saturated carbocycles. The summed E-state index contributed by atoms with van der Waals surface area (Å²) in [6, 6.07) is 14.0. The van der Waals surface area contributed by atoms with Crippen molar-refractivity contribution >= 4 is 32.6 Å². The zero-order valence-corrected chi connectivity index (χ0v) is 18.6.